The minimum atomic E-state index is -0.659. The summed E-state index contributed by atoms with van der Waals surface area (Å²) in [7, 11) is 0. The van der Waals surface area contributed by atoms with E-state index in [9.17, 15) is 9.90 Å². The number of phenols is 1. The summed E-state index contributed by atoms with van der Waals surface area (Å²) >= 11 is 0. The van der Waals surface area contributed by atoms with Gasteiger partial charge in [-0.05, 0) is 47.6 Å². The number of phenolic OH excluding ortho intramolecular Hbond substituents is 1. The van der Waals surface area contributed by atoms with E-state index in [2.05, 4.69) is 45.9 Å². The van der Waals surface area contributed by atoms with Gasteiger partial charge in [0.25, 0.3) is 0 Å². The highest BCUT2D eigenvalue weighted by Crippen LogP contribution is 2.49. The molecule has 0 radical (unpaired) electrons. The summed E-state index contributed by atoms with van der Waals surface area (Å²) in [5, 5.41) is 9.95. The van der Waals surface area contributed by atoms with Gasteiger partial charge < -0.3 is 5.11 Å². The summed E-state index contributed by atoms with van der Waals surface area (Å²) in [6.07, 6.45) is 8.21. The highest BCUT2D eigenvalue weighted by atomic mass is 16.3. The zero-order valence-electron chi connectivity index (χ0n) is 17.4. The quantitative estimate of drug-likeness (QED) is 0.602. The monoisotopic (exact) mass is 374 g/mol. The lowest BCUT2D eigenvalue weighted by Crippen LogP contribution is -2.41. The summed E-state index contributed by atoms with van der Waals surface area (Å²) < 4.78 is 0. The van der Waals surface area contributed by atoms with E-state index >= 15 is 0 Å². The van der Waals surface area contributed by atoms with Crippen LogP contribution in [-0.4, -0.2) is 10.9 Å². The van der Waals surface area contributed by atoms with E-state index in [1.807, 2.05) is 49.4 Å². The molecule has 2 aromatic carbocycles. The first kappa shape index (κ1) is 20.1. The van der Waals surface area contributed by atoms with Crippen molar-refractivity contribution >= 4 is 5.78 Å². The van der Waals surface area contributed by atoms with Crippen LogP contribution in [0.25, 0.3) is 0 Å². The minimum Gasteiger partial charge on any atom is -0.508 e. The number of ketones is 1. The van der Waals surface area contributed by atoms with Crippen LogP contribution in [-0.2, 0) is 0 Å². The molecule has 0 spiro atoms. The summed E-state index contributed by atoms with van der Waals surface area (Å²) in [5.74, 6) is 0.849. The van der Waals surface area contributed by atoms with Gasteiger partial charge >= 0.3 is 0 Å². The van der Waals surface area contributed by atoms with E-state index in [4.69, 9.17) is 0 Å². The second-order valence-electron chi connectivity index (χ2n) is 8.46. The molecule has 2 heteroatoms. The third-order valence-electron chi connectivity index (χ3n) is 6.05. The van der Waals surface area contributed by atoms with Crippen molar-refractivity contribution < 1.29 is 9.90 Å². The molecule has 0 aliphatic heterocycles. The average Bonchev–Trinajstić information content (AvgIpc) is 2.69. The number of carbonyl (C=O) groups excluding carboxylic acids is 1. The Kier molecular flexibility index (Phi) is 5.60. The molecule has 1 aliphatic rings. The lowest BCUT2D eigenvalue weighted by atomic mass is 9.60. The van der Waals surface area contributed by atoms with Crippen molar-refractivity contribution in [3.63, 3.8) is 0 Å². The first-order chi connectivity index (χ1) is 13.3. The molecular formula is C26H30O2. The van der Waals surface area contributed by atoms with Crippen molar-refractivity contribution in [3.8, 4) is 5.75 Å². The number of aromatic hydroxyl groups is 1. The Morgan fingerprint density at radius 3 is 2.43 bits per heavy atom. The number of allylic oxidation sites excluding steroid dienone is 4. The van der Waals surface area contributed by atoms with E-state index in [0.717, 1.165) is 16.7 Å². The van der Waals surface area contributed by atoms with Crippen molar-refractivity contribution in [1.29, 1.82) is 0 Å². The Bertz CT molecular complexity index is 933. The number of hydrogen-bond donors (Lipinski definition) is 1. The lowest BCUT2D eigenvalue weighted by Gasteiger charge is -2.41. The van der Waals surface area contributed by atoms with Crippen LogP contribution in [0.2, 0.25) is 0 Å². The average molecular weight is 375 g/mol. The summed E-state index contributed by atoms with van der Waals surface area (Å²) in [6, 6.07) is 13.7. The molecule has 2 aromatic rings. The van der Waals surface area contributed by atoms with Crippen LogP contribution >= 0.6 is 0 Å². The predicted octanol–water partition coefficient (Wildman–Crippen LogP) is 6.56. The molecule has 0 heterocycles. The molecule has 2 atom stereocenters. The van der Waals surface area contributed by atoms with E-state index in [-0.39, 0.29) is 23.4 Å². The highest BCUT2D eigenvalue weighted by Gasteiger charge is 2.46. The molecular weight excluding hydrogens is 344 g/mol. The van der Waals surface area contributed by atoms with Gasteiger partial charge in [0.15, 0.2) is 5.78 Å². The van der Waals surface area contributed by atoms with Crippen LogP contribution in [0.3, 0.4) is 0 Å². The molecule has 0 saturated carbocycles. The number of aryl methyl sites for hydroxylation is 1. The number of hydrogen-bond acceptors (Lipinski definition) is 2. The van der Waals surface area contributed by atoms with Crippen LogP contribution in [0.5, 0.6) is 5.75 Å². The maximum atomic E-state index is 13.9. The minimum absolute atomic E-state index is 0.0768. The van der Waals surface area contributed by atoms with Gasteiger partial charge in [0, 0.05) is 11.5 Å². The largest absolute Gasteiger partial charge is 0.508 e. The van der Waals surface area contributed by atoms with Gasteiger partial charge in [-0.3, -0.25) is 4.79 Å². The van der Waals surface area contributed by atoms with Crippen LogP contribution in [0.1, 0.15) is 66.6 Å². The molecule has 28 heavy (non-hydrogen) atoms. The number of carbonyl (C=O) groups is 1. The molecule has 3 rings (SSSR count). The summed E-state index contributed by atoms with van der Waals surface area (Å²) in [4.78, 5) is 13.9. The lowest BCUT2D eigenvalue weighted by molar-refractivity contribution is 0.0763. The summed E-state index contributed by atoms with van der Waals surface area (Å²) in [5.41, 5.74) is 3.16. The fourth-order valence-corrected chi connectivity index (χ4v) is 4.23. The second-order valence-corrected chi connectivity index (χ2v) is 8.46. The molecule has 146 valence electrons. The van der Waals surface area contributed by atoms with Crippen LogP contribution in [0, 0.1) is 18.3 Å². The fourth-order valence-electron chi connectivity index (χ4n) is 4.23. The predicted molar refractivity (Wildman–Crippen MR) is 116 cm³/mol. The van der Waals surface area contributed by atoms with Crippen molar-refractivity contribution in [2.24, 2.45) is 11.3 Å². The van der Waals surface area contributed by atoms with Gasteiger partial charge in [0.2, 0.25) is 0 Å². The smallest absolute Gasteiger partial charge is 0.173 e. The number of benzene rings is 2. The zero-order chi connectivity index (χ0) is 20.5. The number of Topliss-reactive ketones (excluding diaryl/α,β-unsaturated/α-hetero) is 1. The van der Waals surface area contributed by atoms with E-state index < -0.39 is 5.41 Å². The number of rotatable bonds is 5. The third kappa shape index (κ3) is 3.44. The second kappa shape index (κ2) is 7.79. The Balaban J connectivity index is 2.14. The van der Waals surface area contributed by atoms with Gasteiger partial charge in [0.05, 0.1) is 5.41 Å². The molecule has 0 saturated heterocycles. The van der Waals surface area contributed by atoms with Gasteiger partial charge in [-0.25, -0.2) is 0 Å². The molecule has 0 amide bonds. The van der Waals surface area contributed by atoms with Crippen molar-refractivity contribution in [2.75, 3.05) is 0 Å². The molecule has 1 N–H and O–H groups in total. The van der Waals surface area contributed by atoms with Gasteiger partial charge in [0.1, 0.15) is 5.75 Å². The highest BCUT2D eigenvalue weighted by molar-refractivity contribution is 6.03. The van der Waals surface area contributed by atoms with Crippen LogP contribution in [0.15, 0.2) is 66.8 Å². The van der Waals surface area contributed by atoms with Gasteiger partial charge in [-0.15, -0.1) is 0 Å². The van der Waals surface area contributed by atoms with Crippen LogP contribution in [0.4, 0.5) is 0 Å². The van der Waals surface area contributed by atoms with E-state index in [1.165, 1.54) is 5.56 Å². The SMILES string of the molecule is Cc1cc(C2C=CC=CC2(C(=O)c2cccc(C(C)C)c2)C(C)C)ccc1O. The molecule has 2 unspecified atom stereocenters. The Morgan fingerprint density at radius 1 is 1.04 bits per heavy atom. The topological polar surface area (TPSA) is 37.3 Å². The zero-order valence-corrected chi connectivity index (χ0v) is 17.4. The van der Waals surface area contributed by atoms with Gasteiger partial charge in [-0.1, -0.05) is 82.3 Å². The normalized spacial score (nSPS) is 21.5. The maximum Gasteiger partial charge on any atom is 0.173 e. The Labute approximate surface area is 168 Å². The van der Waals surface area contributed by atoms with Crippen LogP contribution < -0.4 is 0 Å². The van der Waals surface area contributed by atoms with Gasteiger partial charge in [-0.2, -0.15) is 0 Å². The first-order valence-corrected chi connectivity index (χ1v) is 10.1. The molecule has 0 fully saturated rings. The third-order valence-corrected chi connectivity index (χ3v) is 6.05. The fraction of sp³-hybridized carbons (Fsp3) is 0.346. The molecule has 0 bridgehead atoms. The first-order valence-electron chi connectivity index (χ1n) is 10.1. The van der Waals surface area contributed by atoms with Crippen molar-refractivity contribution in [3.05, 3.63) is 89.0 Å². The standard InChI is InChI=1S/C26H30O2/c1-17(2)20-9-8-10-22(16-20)25(28)26(18(3)4)14-7-6-11-23(26)21-12-13-24(27)19(5)15-21/h6-18,23,27H,1-5H3. The summed E-state index contributed by atoms with van der Waals surface area (Å²) in [6.45, 7) is 10.4. The van der Waals surface area contributed by atoms with Crippen molar-refractivity contribution in [1.82, 2.24) is 0 Å². The molecule has 1 aliphatic carbocycles. The maximum absolute atomic E-state index is 13.9. The van der Waals surface area contributed by atoms with E-state index in [1.54, 1.807) is 6.07 Å². The molecule has 2 nitrogen and oxygen atoms in total. The van der Waals surface area contributed by atoms with Crippen molar-refractivity contribution in [2.45, 2.75) is 46.5 Å². The Morgan fingerprint density at radius 2 is 1.79 bits per heavy atom. The molecule has 0 aromatic heterocycles. The van der Waals surface area contributed by atoms with E-state index in [0.29, 0.717) is 5.92 Å². The Hall–Kier alpha value is -2.61.